The van der Waals surface area contributed by atoms with E-state index in [1.807, 2.05) is 6.20 Å². The van der Waals surface area contributed by atoms with E-state index in [1.54, 1.807) is 0 Å². The maximum absolute atomic E-state index is 6.05. The Hall–Kier alpha value is -1.48. The van der Waals surface area contributed by atoms with Gasteiger partial charge in [0.2, 0.25) is 0 Å². The Morgan fingerprint density at radius 1 is 1.16 bits per heavy atom. The van der Waals surface area contributed by atoms with Crippen LogP contribution in [0.3, 0.4) is 0 Å². The predicted octanol–water partition coefficient (Wildman–Crippen LogP) is 3.83. The molecule has 2 aromatic rings. The molecule has 0 amide bonds. The van der Waals surface area contributed by atoms with Gasteiger partial charge in [-0.25, -0.2) is 9.97 Å². The minimum Gasteiger partial charge on any atom is -0.378 e. The van der Waals surface area contributed by atoms with Crippen LogP contribution >= 0.6 is 0 Å². The second kappa shape index (κ2) is 9.98. The Balaban J connectivity index is 1.56. The van der Waals surface area contributed by atoms with Gasteiger partial charge in [0.25, 0.3) is 0 Å². The number of fused-ring (bicyclic) bond motifs is 1. The summed E-state index contributed by atoms with van der Waals surface area (Å²) in [7, 11) is 0.975. The Bertz CT molecular complexity index is 852. The first-order chi connectivity index (χ1) is 14.9. The SMILES string of the molecule is CNC1CCC(c2cnc3c(n2)c(N2CCOCC2)cn3COCC[Si](C)(C)C)CC1. The maximum atomic E-state index is 6.05. The van der Waals surface area contributed by atoms with Gasteiger partial charge >= 0.3 is 0 Å². The zero-order chi connectivity index (χ0) is 21.8. The minimum absolute atomic E-state index is 0.510. The van der Waals surface area contributed by atoms with Gasteiger partial charge in [-0.3, -0.25) is 0 Å². The molecular formula is C23H39N5O2Si. The third kappa shape index (κ3) is 5.66. The summed E-state index contributed by atoms with van der Waals surface area (Å²) in [4.78, 5) is 12.5. The normalized spacial score (nSPS) is 22.9. The molecule has 0 aromatic carbocycles. The summed E-state index contributed by atoms with van der Waals surface area (Å²) in [6.45, 7) is 11.8. The molecule has 0 bridgehead atoms. The molecule has 0 radical (unpaired) electrons. The average molecular weight is 446 g/mol. The highest BCUT2D eigenvalue weighted by molar-refractivity contribution is 6.76. The van der Waals surface area contributed by atoms with E-state index in [0.29, 0.717) is 18.7 Å². The summed E-state index contributed by atoms with van der Waals surface area (Å²) < 4.78 is 13.8. The van der Waals surface area contributed by atoms with E-state index < -0.39 is 8.07 Å². The Morgan fingerprint density at radius 3 is 2.58 bits per heavy atom. The molecule has 7 nitrogen and oxygen atoms in total. The monoisotopic (exact) mass is 445 g/mol. The van der Waals surface area contributed by atoms with Crippen LogP contribution in [0.25, 0.3) is 11.2 Å². The second-order valence-corrected chi connectivity index (χ2v) is 15.9. The summed E-state index contributed by atoms with van der Waals surface area (Å²) in [5, 5.41) is 3.43. The van der Waals surface area contributed by atoms with Crippen molar-refractivity contribution in [3.05, 3.63) is 18.1 Å². The molecule has 1 aliphatic carbocycles. The topological polar surface area (TPSA) is 64.4 Å². The number of ether oxygens (including phenoxy) is 2. The predicted molar refractivity (Wildman–Crippen MR) is 129 cm³/mol. The van der Waals surface area contributed by atoms with Crippen LogP contribution in [0.4, 0.5) is 5.69 Å². The Morgan fingerprint density at radius 2 is 1.90 bits per heavy atom. The van der Waals surface area contributed by atoms with E-state index in [9.17, 15) is 0 Å². The van der Waals surface area contributed by atoms with Crippen LogP contribution in [0, 0.1) is 0 Å². The number of rotatable bonds is 8. The number of hydrogen-bond donors (Lipinski definition) is 1. The lowest BCUT2D eigenvalue weighted by atomic mass is 9.84. The summed E-state index contributed by atoms with van der Waals surface area (Å²) in [5.41, 5.74) is 4.27. The lowest BCUT2D eigenvalue weighted by molar-refractivity contribution is 0.0898. The second-order valence-electron chi connectivity index (χ2n) is 10.2. The molecule has 4 rings (SSSR count). The highest BCUT2D eigenvalue weighted by atomic mass is 28.3. The van der Waals surface area contributed by atoms with Gasteiger partial charge in [0.05, 0.1) is 30.8 Å². The number of morpholine rings is 1. The fourth-order valence-electron chi connectivity index (χ4n) is 4.60. The van der Waals surface area contributed by atoms with Crippen molar-refractivity contribution in [3.63, 3.8) is 0 Å². The van der Waals surface area contributed by atoms with Gasteiger partial charge in [-0.05, 0) is 38.8 Å². The lowest BCUT2D eigenvalue weighted by Gasteiger charge is -2.29. The van der Waals surface area contributed by atoms with Crippen molar-refractivity contribution < 1.29 is 9.47 Å². The molecule has 8 heteroatoms. The Labute approximate surface area is 187 Å². The van der Waals surface area contributed by atoms with E-state index in [2.05, 4.69) is 47.7 Å². The van der Waals surface area contributed by atoms with E-state index in [-0.39, 0.29) is 0 Å². The van der Waals surface area contributed by atoms with E-state index in [1.165, 1.54) is 37.4 Å². The maximum Gasteiger partial charge on any atom is 0.162 e. The molecule has 3 heterocycles. The molecule has 1 saturated heterocycles. The van der Waals surface area contributed by atoms with Gasteiger partial charge in [-0.1, -0.05) is 19.6 Å². The fraction of sp³-hybridized carbons (Fsp3) is 0.739. The number of anilines is 1. The van der Waals surface area contributed by atoms with E-state index in [0.717, 1.165) is 49.8 Å². The molecule has 172 valence electrons. The van der Waals surface area contributed by atoms with Crippen LogP contribution in [-0.2, 0) is 16.2 Å². The van der Waals surface area contributed by atoms with E-state index >= 15 is 0 Å². The van der Waals surface area contributed by atoms with Crippen LogP contribution in [0.2, 0.25) is 25.7 Å². The largest absolute Gasteiger partial charge is 0.378 e. The van der Waals surface area contributed by atoms with Crippen molar-refractivity contribution in [2.45, 2.75) is 70.1 Å². The van der Waals surface area contributed by atoms with Crippen molar-refractivity contribution in [1.82, 2.24) is 19.9 Å². The van der Waals surface area contributed by atoms with Crippen LogP contribution in [0.15, 0.2) is 12.4 Å². The molecule has 2 fully saturated rings. The Kier molecular flexibility index (Phi) is 7.31. The van der Waals surface area contributed by atoms with Crippen LogP contribution < -0.4 is 10.2 Å². The molecule has 0 unspecified atom stereocenters. The van der Waals surface area contributed by atoms with Crippen molar-refractivity contribution in [2.75, 3.05) is 44.9 Å². The van der Waals surface area contributed by atoms with Crippen molar-refractivity contribution in [2.24, 2.45) is 0 Å². The van der Waals surface area contributed by atoms with Gasteiger partial charge < -0.3 is 24.3 Å². The zero-order valence-corrected chi connectivity index (χ0v) is 20.7. The van der Waals surface area contributed by atoms with Crippen LogP contribution in [0.5, 0.6) is 0 Å². The minimum atomic E-state index is -1.09. The first-order valence-corrected chi connectivity index (χ1v) is 15.6. The highest BCUT2D eigenvalue weighted by Crippen LogP contribution is 2.34. The smallest absolute Gasteiger partial charge is 0.162 e. The number of nitrogens with one attached hydrogen (secondary N) is 1. The molecule has 1 N–H and O–H groups in total. The molecule has 1 aliphatic heterocycles. The summed E-state index contributed by atoms with van der Waals surface area (Å²) in [5.74, 6) is 0.510. The number of aromatic nitrogens is 3. The molecule has 31 heavy (non-hydrogen) atoms. The highest BCUT2D eigenvalue weighted by Gasteiger charge is 2.25. The quantitative estimate of drug-likeness (QED) is 0.492. The fourth-order valence-corrected chi connectivity index (χ4v) is 5.35. The molecule has 2 aromatic heterocycles. The molecule has 0 spiro atoms. The third-order valence-corrected chi connectivity index (χ3v) is 8.40. The number of hydrogen-bond acceptors (Lipinski definition) is 6. The molecule has 1 saturated carbocycles. The van der Waals surface area contributed by atoms with Crippen molar-refractivity contribution in [1.29, 1.82) is 0 Å². The van der Waals surface area contributed by atoms with Crippen LogP contribution in [-0.4, -0.2) is 68.6 Å². The molecule has 0 atom stereocenters. The van der Waals surface area contributed by atoms with Gasteiger partial charge in [-0.15, -0.1) is 0 Å². The summed E-state index contributed by atoms with van der Waals surface area (Å²) in [6, 6.07) is 1.82. The summed E-state index contributed by atoms with van der Waals surface area (Å²) in [6.07, 6.45) is 8.98. The van der Waals surface area contributed by atoms with Crippen molar-refractivity contribution in [3.8, 4) is 0 Å². The lowest BCUT2D eigenvalue weighted by Crippen LogP contribution is -2.36. The van der Waals surface area contributed by atoms with Gasteiger partial charge in [-0.2, -0.15) is 0 Å². The number of nitrogens with zero attached hydrogens (tertiary/aromatic N) is 4. The molecule has 2 aliphatic rings. The van der Waals surface area contributed by atoms with Crippen molar-refractivity contribution >= 4 is 24.9 Å². The van der Waals surface area contributed by atoms with Gasteiger partial charge in [0.1, 0.15) is 12.2 Å². The first kappa shape index (κ1) is 22.7. The molecular weight excluding hydrogens is 406 g/mol. The van der Waals surface area contributed by atoms with Gasteiger partial charge in [0.15, 0.2) is 5.65 Å². The van der Waals surface area contributed by atoms with Gasteiger partial charge in [0, 0.05) is 45.9 Å². The first-order valence-electron chi connectivity index (χ1n) is 11.9. The summed E-state index contributed by atoms with van der Waals surface area (Å²) >= 11 is 0. The standard InChI is InChI=1S/C23H39N5O2Si/c1-24-19-7-5-18(6-8-19)20-15-25-23-22(26-20)21(27-9-11-29-12-10-27)16-28(23)17-30-13-14-31(2,3)4/h15-16,18-19,24H,5-14,17H2,1-4H3. The van der Waals surface area contributed by atoms with E-state index in [4.69, 9.17) is 19.4 Å². The average Bonchev–Trinajstić information content (AvgIpc) is 3.14. The third-order valence-electron chi connectivity index (χ3n) is 6.70. The van der Waals surface area contributed by atoms with Crippen LogP contribution in [0.1, 0.15) is 37.3 Å². The zero-order valence-electron chi connectivity index (χ0n) is 19.7.